The fourth-order valence-electron chi connectivity index (χ4n) is 3.25. The zero-order valence-electron chi connectivity index (χ0n) is 24.0. The van der Waals surface area contributed by atoms with Gasteiger partial charge in [-0.15, -0.1) is 0 Å². The highest BCUT2D eigenvalue weighted by molar-refractivity contribution is 5.87. The zero-order valence-corrected chi connectivity index (χ0v) is 24.0. The third-order valence-corrected chi connectivity index (χ3v) is 5.13. The summed E-state index contributed by atoms with van der Waals surface area (Å²) >= 11 is 0. The van der Waals surface area contributed by atoms with Gasteiger partial charge in [0.05, 0.1) is 6.10 Å². The molecule has 1 amide bonds. The molecule has 3 N–H and O–H groups in total. The van der Waals surface area contributed by atoms with Gasteiger partial charge >= 0.3 is 12.6 Å². The number of carbonyl (C=O) groups excluding carboxylic acids is 3. The molecular weight excluding hydrogens is 591 g/mol. The van der Waals surface area contributed by atoms with Gasteiger partial charge in [-0.05, 0) is 43.5 Å². The molecule has 1 aliphatic rings. The highest BCUT2D eigenvalue weighted by Gasteiger charge is 2.30. The summed E-state index contributed by atoms with van der Waals surface area (Å²) in [6.07, 6.45) is 4.54. The fourth-order valence-corrected chi connectivity index (χ4v) is 3.25. The van der Waals surface area contributed by atoms with Crippen molar-refractivity contribution in [3.8, 4) is 0 Å². The summed E-state index contributed by atoms with van der Waals surface area (Å²) in [5.74, 6) is -2.71. The quantitative estimate of drug-likeness (QED) is 0.0769. The fraction of sp³-hybridized carbons (Fsp3) is 0.393. The Balaban J connectivity index is 0. The van der Waals surface area contributed by atoms with E-state index in [4.69, 9.17) is 14.6 Å². The van der Waals surface area contributed by atoms with Crippen LogP contribution in [0, 0.1) is 18.7 Å². The van der Waals surface area contributed by atoms with Gasteiger partial charge in [0.25, 0.3) is 0 Å². The van der Waals surface area contributed by atoms with Crippen LogP contribution in [0.3, 0.4) is 0 Å². The number of aldehydes is 1. The van der Waals surface area contributed by atoms with Crippen molar-refractivity contribution >= 4 is 18.7 Å². The molecule has 8 nitrogen and oxygen atoms in total. The number of allylic oxidation sites excluding steroid dienone is 4. The molecule has 2 atom stereocenters. The maximum Gasteiger partial charge on any atom is 0.348 e. The number of amides is 1. The molecule has 0 heterocycles. The van der Waals surface area contributed by atoms with Crippen molar-refractivity contribution in [2.24, 2.45) is 5.92 Å². The second kappa shape index (κ2) is 24.6. The molecule has 0 fully saturated rings. The second-order valence-electron chi connectivity index (χ2n) is 8.29. The molecule has 0 bridgehead atoms. The van der Waals surface area contributed by atoms with E-state index in [1.807, 2.05) is 6.92 Å². The number of hydrogen-bond donors (Lipinski definition) is 3. The SMILES string of the molecule is CNC=O.COC1C=C(F)C(C(CC=O)CN(C)/C(=C/C=C\NCF)C(=O)F)=C(F)C1.Cc1ccc(F)cc1.OC(F)F. The van der Waals surface area contributed by atoms with Crippen molar-refractivity contribution in [2.75, 3.05) is 34.5 Å². The van der Waals surface area contributed by atoms with E-state index in [0.29, 0.717) is 12.7 Å². The molecule has 15 heteroatoms. The summed E-state index contributed by atoms with van der Waals surface area (Å²) in [4.78, 5) is 32.4. The Bertz CT molecular complexity index is 1060. The summed E-state index contributed by atoms with van der Waals surface area (Å²) in [6, 6.07) is 4.62. The van der Waals surface area contributed by atoms with Gasteiger partial charge in [-0.2, -0.15) is 13.2 Å². The Morgan fingerprint density at radius 1 is 1.19 bits per heavy atom. The number of nitrogens with zero attached hydrogens (tertiary/aromatic N) is 1. The van der Waals surface area contributed by atoms with Crippen LogP contribution >= 0.6 is 0 Å². The minimum Gasteiger partial charge on any atom is -0.377 e. The summed E-state index contributed by atoms with van der Waals surface area (Å²) in [7, 11) is 4.23. The molecule has 0 aromatic heterocycles. The number of benzene rings is 1. The van der Waals surface area contributed by atoms with Gasteiger partial charge < -0.3 is 30.2 Å². The monoisotopic (exact) mass is 627 g/mol. The smallest absolute Gasteiger partial charge is 0.348 e. The highest BCUT2D eigenvalue weighted by atomic mass is 19.3. The molecule has 0 radical (unpaired) electrons. The molecule has 242 valence electrons. The molecular formula is C28H36F7N3O5. The predicted molar refractivity (Wildman–Crippen MR) is 146 cm³/mol. The van der Waals surface area contributed by atoms with Gasteiger partial charge in [-0.3, -0.25) is 9.59 Å². The van der Waals surface area contributed by atoms with E-state index < -0.39 is 48.8 Å². The number of aliphatic hydroxyl groups is 1. The summed E-state index contributed by atoms with van der Waals surface area (Å²) in [5.41, 5.74) is 0.396. The van der Waals surface area contributed by atoms with E-state index >= 15 is 0 Å². The van der Waals surface area contributed by atoms with Gasteiger partial charge in [-0.25, -0.2) is 17.6 Å². The molecule has 0 spiro atoms. The third kappa shape index (κ3) is 19.7. The minimum atomic E-state index is -3.17. The molecule has 43 heavy (non-hydrogen) atoms. The molecule has 2 unspecified atom stereocenters. The van der Waals surface area contributed by atoms with Crippen molar-refractivity contribution in [3.05, 3.63) is 83.0 Å². The molecule has 0 saturated carbocycles. The van der Waals surface area contributed by atoms with Gasteiger partial charge in [-0.1, -0.05) is 17.7 Å². The summed E-state index contributed by atoms with van der Waals surface area (Å²) in [6.45, 7) is -2.27. The number of rotatable bonds is 12. The average Bonchev–Trinajstić information content (AvgIpc) is 2.94. The van der Waals surface area contributed by atoms with Gasteiger partial charge in [0.1, 0.15) is 29.5 Å². The number of nitrogens with one attached hydrogen (secondary N) is 2. The second-order valence-corrected chi connectivity index (χ2v) is 8.29. The van der Waals surface area contributed by atoms with Crippen LogP contribution in [0.5, 0.6) is 0 Å². The van der Waals surface area contributed by atoms with Gasteiger partial charge in [0.15, 0.2) is 6.80 Å². The van der Waals surface area contributed by atoms with Crippen LogP contribution in [0.25, 0.3) is 0 Å². The van der Waals surface area contributed by atoms with Crippen LogP contribution < -0.4 is 10.6 Å². The first-order valence-electron chi connectivity index (χ1n) is 12.4. The zero-order chi connectivity index (χ0) is 33.4. The number of hydrogen-bond acceptors (Lipinski definition) is 7. The molecule has 1 aromatic carbocycles. The molecule has 0 saturated heterocycles. The summed E-state index contributed by atoms with van der Waals surface area (Å²) < 4.78 is 90.8. The Morgan fingerprint density at radius 3 is 2.14 bits per heavy atom. The lowest BCUT2D eigenvalue weighted by atomic mass is 9.88. The first-order valence-corrected chi connectivity index (χ1v) is 12.4. The van der Waals surface area contributed by atoms with E-state index in [1.165, 1.54) is 32.4 Å². The van der Waals surface area contributed by atoms with Crippen LogP contribution in [0.2, 0.25) is 0 Å². The number of carbonyl (C=O) groups is 3. The molecule has 0 aliphatic heterocycles. The van der Waals surface area contributed by atoms with Crippen molar-refractivity contribution in [2.45, 2.75) is 32.5 Å². The topological polar surface area (TPSA) is 108 Å². The van der Waals surface area contributed by atoms with Crippen LogP contribution in [-0.2, 0) is 19.1 Å². The first-order chi connectivity index (χ1) is 20.3. The van der Waals surface area contributed by atoms with Crippen molar-refractivity contribution in [3.63, 3.8) is 0 Å². The van der Waals surface area contributed by atoms with E-state index in [-0.39, 0.29) is 30.8 Å². The number of methoxy groups -OCH3 is 1. The number of halogens is 7. The normalized spacial score (nSPS) is 15.0. The van der Waals surface area contributed by atoms with E-state index in [9.17, 15) is 40.3 Å². The third-order valence-electron chi connectivity index (χ3n) is 5.13. The van der Waals surface area contributed by atoms with Crippen molar-refractivity contribution < 1.29 is 55.0 Å². The standard InChI is InChI=1S/C18H22F4N2O3.C7H7F.C2H5NO.CH2F2O/c1-24(16(18(22)26)4-3-6-23-11-19)10-12(5-7-25)17-14(20)8-13(27-2)9-15(17)21;1-6-2-4-7(8)5-3-6;1-3-2-4;2-1(3)4/h3-4,6-8,12-13,23H,5,9-11H2,1-2H3;2-5H,1H3;2H,1H3,(H,3,4);1,4H/b6-3-,16-4+;;;. The van der Waals surface area contributed by atoms with Crippen LogP contribution in [0.15, 0.2) is 71.6 Å². The Hall–Kier alpha value is -3.98. The Labute approximate surface area is 245 Å². The van der Waals surface area contributed by atoms with Gasteiger partial charge in [0, 0.05) is 52.1 Å². The van der Waals surface area contributed by atoms with E-state index in [0.717, 1.165) is 28.8 Å². The highest BCUT2D eigenvalue weighted by Crippen LogP contribution is 2.35. The Kier molecular flexibility index (Phi) is 23.5. The molecule has 1 aromatic rings. The average molecular weight is 628 g/mol. The van der Waals surface area contributed by atoms with E-state index in [2.05, 4.69) is 10.6 Å². The van der Waals surface area contributed by atoms with Crippen molar-refractivity contribution in [1.82, 2.24) is 15.5 Å². The van der Waals surface area contributed by atoms with Crippen LogP contribution in [-0.4, -0.2) is 76.0 Å². The minimum absolute atomic E-state index is 0.171. The van der Waals surface area contributed by atoms with E-state index in [1.54, 1.807) is 19.2 Å². The predicted octanol–water partition coefficient (Wildman–Crippen LogP) is 4.73. The lowest BCUT2D eigenvalue weighted by molar-refractivity contribution is -0.126. The molecule has 1 aliphatic carbocycles. The number of aryl methyl sites for hydroxylation is 1. The lowest BCUT2D eigenvalue weighted by Gasteiger charge is -2.28. The number of alkyl halides is 3. The first kappa shape index (κ1) is 41.2. The largest absolute Gasteiger partial charge is 0.377 e. The van der Waals surface area contributed by atoms with Crippen molar-refractivity contribution in [1.29, 1.82) is 0 Å². The summed E-state index contributed by atoms with van der Waals surface area (Å²) in [5, 5.41) is 11.2. The maximum atomic E-state index is 14.4. The van der Waals surface area contributed by atoms with Crippen LogP contribution in [0.1, 0.15) is 18.4 Å². The lowest BCUT2D eigenvalue weighted by Crippen LogP contribution is -2.30. The Morgan fingerprint density at radius 2 is 1.74 bits per heavy atom. The van der Waals surface area contributed by atoms with Gasteiger partial charge in [0.2, 0.25) is 6.41 Å². The van der Waals surface area contributed by atoms with Crippen LogP contribution in [0.4, 0.5) is 30.7 Å². The number of likely N-dealkylation sites (N-methyl/N-ethyl adjacent to an activating group) is 1. The number of ether oxygens (including phenoxy) is 1. The molecule has 2 rings (SSSR count). The maximum absolute atomic E-state index is 14.4. The number of aliphatic hydroxyl groups excluding tert-OH is 1.